The second-order valence-corrected chi connectivity index (χ2v) is 10.9. The highest BCUT2D eigenvalue weighted by atomic mass is 32.1. The summed E-state index contributed by atoms with van der Waals surface area (Å²) in [6.45, 7) is 4.22. The van der Waals surface area contributed by atoms with Gasteiger partial charge in [-0.2, -0.15) is 0 Å². The summed E-state index contributed by atoms with van der Waals surface area (Å²) in [6.07, 6.45) is 9.16. The van der Waals surface area contributed by atoms with E-state index in [4.69, 9.17) is 17.2 Å². The maximum Gasteiger partial charge on any atom is 0.336 e. The van der Waals surface area contributed by atoms with E-state index in [-0.39, 0.29) is 0 Å². The third-order valence-corrected chi connectivity index (χ3v) is 7.81. The molecule has 1 saturated carbocycles. The van der Waals surface area contributed by atoms with Crippen molar-refractivity contribution in [1.29, 1.82) is 0 Å². The van der Waals surface area contributed by atoms with E-state index in [0.717, 1.165) is 64.2 Å². The Kier molecular flexibility index (Phi) is 8.27. The number of aromatic carboxylic acids is 1. The van der Waals surface area contributed by atoms with E-state index in [9.17, 15) is 9.90 Å². The van der Waals surface area contributed by atoms with Crippen LogP contribution >= 0.6 is 12.2 Å². The number of fused-ring (bicyclic) bond motifs is 1. The number of carboxylic acid groups (broad SMARTS) is 1. The van der Waals surface area contributed by atoms with Crippen LogP contribution in [0.3, 0.4) is 0 Å². The number of aryl methyl sites for hydroxylation is 2. The zero-order chi connectivity index (χ0) is 27.4. The highest BCUT2D eigenvalue weighted by Gasteiger charge is 2.18. The van der Waals surface area contributed by atoms with E-state index in [1.807, 2.05) is 31.2 Å². The Morgan fingerprint density at radius 2 is 1.85 bits per heavy atom. The summed E-state index contributed by atoms with van der Waals surface area (Å²) in [4.78, 5) is 16.8. The molecule has 1 aliphatic rings. The molecule has 3 N–H and O–H groups in total. The quantitative estimate of drug-likeness (QED) is 0.199. The molecule has 0 aliphatic heterocycles. The molecule has 3 aromatic carbocycles. The molecule has 1 aliphatic carbocycles. The minimum absolute atomic E-state index is 0.304. The number of hydrogen-bond donors (Lipinski definition) is 3. The first kappa shape index (κ1) is 26.9. The first-order valence-electron chi connectivity index (χ1n) is 14.0. The van der Waals surface area contributed by atoms with Crippen molar-refractivity contribution in [2.24, 2.45) is 0 Å². The molecule has 0 spiro atoms. The monoisotopic (exact) mass is 540 g/mol. The Morgan fingerprint density at radius 3 is 2.59 bits per heavy atom. The summed E-state index contributed by atoms with van der Waals surface area (Å²) in [5.41, 5.74) is 6.86. The van der Waals surface area contributed by atoms with Gasteiger partial charge in [-0.3, -0.25) is 4.57 Å². The molecule has 1 aromatic heterocycles. The van der Waals surface area contributed by atoms with E-state index in [0.29, 0.717) is 16.7 Å². The van der Waals surface area contributed by atoms with Gasteiger partial charge in [-0.25, -0.2) is 9.78 Å². The molecule has 1 heterocycles. The van der Waals surface area contributed by atoms with E-state index in [1.54, 1.807) is 12.1 Å². The summed E-state index contributed by atoms with van der Waals surface area (Å²) in [5, 5.41) is 17.3. The van der Waals surface area contributed by atoms with Crippen LogP contribution in [-0.4, -0.2) is 31.8 Å². The third-order valence-electron chi connectivity index (χ3n) is 7.59. The lowest BCUT2D eigenvalue weighted by Gasteiger charge is -2.24. The van der Waals surface area contributed by atoms with Crippen LogP contribution in [0.5, 0.6) is 0 Å². The second kappa shape index (κ2) is 12.0. The van der Waals surface area contributed by atoms with Gasteiger partial charge in [-0.1, -0.05) is 56.9 Å². The topological polar surface area (TPSA) is 79.2 Å². The molecule has 0 radical (unpaired) electrons. The van der Waals surface area contributed by atoms with Gasteiger partial charge in [-0.15, -0.1) is 0 Å². The molecular formula is C32H36N4O2S. The van der Waals surface area contributed by atoms with Crippen LogP contribution in [0.4, 0.5) is 5.69 Å². The SMILES string of the molecule is CCCCc1nc2ccc(NC(=S)NC3CCCCC3)cc2n1-c1ccc(-c2ccccc2C(=O)O)c(C)c1. The van der Waals surface area contributed by atoms with Gasteiger partial charge in [0.1, 0.15) is 5.82 Å². The van der Waals surface area contributed by atoms with E-state index >= 15 is 0 Å². The van der Waals surface area contributed by atoms with Gasteiger partial charge in [0, 0.05) is 23.8 Å². The largest absolute Gasteiger partial charge is 0.478 e. The minimum Gasteiger partial charge on any atom is -0.478 e. The van der Waals surface area contributed by atoms with Gasteiger partial charge in [0.15, 0.2) is 5.11 Å². The predicted octanol–water partition coefficient (Wildman–Crippen LogP) is 7.66. The Balaban J connectivity index is 1.50. The van der Waals surface area contributed by atoms with Gasteiger partial charge in [-0.05, 0) is 91.5 Å². The number of hydrogen-bond acceptors (Lipinski definition) is 3. The molecule has 0 saturated heterocycles. The summed E-state index contributed by atoms with van der Waals surface area (Å²) >= 11 is 5.65. The molecule has 0 bridgehead atoms. The first-order valence-corrected chi connectivity index (χ1v) is 14.4. The Bertz CT molecular complexity index is 1500. The summed E-state index contributed by atoms with van der Waals surface area (Å²) in [6, 6.07) is 20.0. The smallest absolute Gasteiger partial charge is 0.336 e. The molecule has 0 amide bonds. The van der Waals surface area contributed by atoms with Gasteiger partial charge >= 0.3 is 5.97 Å². The van der Waals surface area contributed by atoms with Crippen molar-refractivity contribution in [2.75, 3.05) is 5.32 Å². The van der Waals surface area contributed by atoms with Crippen LogP contribution in [0.25, 0.3) is 27.8 Å². The molecule has 5 rings (SSSR count). The maximum absolute atomic E-state index is 11.8. The molecule has 7 heteroatoms. The lowest BCUT2D eigenvalue weighted by molar-refractivity contribution is 0.0697. The van der Waals surface area contributed by atoms with E-state index in [2.05, 4.69) is 46.4 Å². The van der Waals surface area contributed by atoms with Crippen LogP contribution < -0.4 is 10.6 Å². The van der Waals surface area contributed by atoms with E-state index < -0.39 is 5.97 Å². The predicted molar refractivity (Wildman–Crippen MR) is 163 cm³/mol. The third kappa shape index (κ3) is 5.98. The number of nitrogens with zero attached hydrogens (tertiary/aromatic N) is 2. The standard InChI is InChI=1S/C32H36N4O2S/c1-3-4-14-30-35-28-18-15-23(34-32(39)33-22-10-6-5-7-11-22)20-29(28)36(30)24-16-17-25(21(2)19-24)26-12-8-9-13-27(26)31(37)38/h8-9,12-13,15-20,22H,3-7,10-11,14H2,1-2H3,(H,37,38)(H2,33,34,39). The van der Waals surface area contributed by atoms with Crippen LogP contribution in [0.1, 0.15) is 73.6 Å². The van der Waals surface area contributed by atoms with Crippen LogP contribution in [0, 0.1) is 6.92 Å². The van der Waals surface area contributed by atoms with Gasteiger partial charge in [0.2, 0.25) is 0 Å². The number of unbranched alkanes of at least 4 members (excludes halogenated alkanes) is 1. The van der Waals surface area contributed by atoms with Gasteiger partial charge in [0.05, 0.1) is 16.6 Å². The molecule has 0 atom stereocenters. The zero-order valence-electron chi connectivity index (χ0n) is 22.7. The normalized spacial score (nSPS) is 13.9. The fourth-order valence-electron chi connectivity index (χ4n) is 5.59. The van der Waals surface area contributed by atoms with Crippen molar-refractivity contribution >= 4 is 40.0 Å². The van der Waals surface area contributed by atoms with Crippen LogP contribution in [0.2, 0.25) is 0 Å². The average Bonchev–Trinajstić information content (AvgIpc) is 3.29. The minimum atomic E-state index is -0.924. The molecule has 39 heavy (non-hydrogen) atoms. The van der Waals surface area contributed by atoms with Crippen molar-refractivity contribution < 1.29 is 9.90 Å². The summed E-state index contributed by atoms with van der Waals surface area (Å²) in [7, 11) is 0. The Labute approximate surface area is 235 Å². The van der Waals surface area contributed by atoms with E-state index in [1.165, 1.54) is 32.1 Å². The number of aromatic nitrogens is 2. The molecule has 202 valence electrons. The van der Waals surface area contributed by atoms with Crippen molar-refractivity contribution in [1.82, 2.24) is 14.9 Å². The summed E-state index contributed by atoms with van der Waals surface area (Å²) in [5.74, 6) is 0.0949. The molecule has 1 fully saturated rings. The highest BCUT2D eigenvalue weighted by molar-refractivity contribution is 7.80. The van der Waals surface area contributed by atoms with Crippen LogP contribution in [-0.2, 0) is 6.42 Å². The molecule has 0 unspecified atom stereocenters. The van der Waals surface area contributed by atoms with Crippen molar-refractivity contribution in [3.63, 3.8) is 0 Å². The van der Waals surface area contributed by atoms with Crippen molar-refractivity contribution in [2.45, 2.75) is 71.3 Å². The molecular weight excluding hydrogens is 504 g/mol. The fourth-order valence-corrected chi connectivity index (χ4v) is 5.87. The number of carboxylic acids is 1. The lowest BCUT2D eigenvalue weighted by atomic mass is 9.95. The average molecular weight is 541 g/mol. The number of carbonyl (C=O) groups is 1. The van der Waals surface area contributed by atoms with Gasteiger partial charge in [0.25, 0.3) is 0 Å². The lowest BCUT2D eigenvalue weighted by Crippen LogP contribution is -2.38. The highest BCUT2D eigenvalue weighted by Crippen LogP contribution is 2.31. The number of nitrogens with one attached hydrogen (secondary N) is 2. The second-order valence-electron chi connectivity index (χ2n) is 10.5. The maximum atomic E-state index is 11.8. The molecule has 4 aromatic rings. The van der Waals surface area contributed by atoms with Crippen molar-refractivity contribution in [3.8, 4) is 16.8 Å². The first-order chi connectivity index (χ1) is 18.9. The number of imidazole rings is 1. The van der Waals surface area contributed by atoms with Crippen LogP contribution in [0.15, 0.2) is 60.7 Å². The Hall–Kier alpha value is -3.71. The zero-order valence-corrected chi connectivity index (χ0v) is 23.5. The number of thiocarbonyl (C=S) groups is 1. The fraction of sp³-hybridized carbons (Fsp3) is 0.344. The molecule has 6 nitrogen and oxygen atoms in total. The number of anilines is 1. The summed E-state index contributed by atoms with van der Waals surface area (Å²) < 4.78 is 2.23. The number of benzene rings is 3. The Morgan fingerprint density at radius 1 is 1.05 bits per heavy atom. The van der Waals surface area contributed by atoms with Crippen molar-refractivity contribution in [3.05, 3.63) is 77.6 Å². The number of rotatable bonds is 8. The van der Waals surface area contributed by atoms with Gasteiger partial charge < -0.3 is 15.7 Å².